The van der Waals surface area contributed by atoms with Crippen molar-refractivity contribution in [1.82, 2.24) is 19.7 Å². The molecule has 1 unspecified atom stereocenters. The summed E-state index contributed by atoms with van der Waals surface area (Å²) in [6.07, 6.45) is 3.81. The lowest BCUT2D eigenvalue weighted by Crippen LogP contribution is -2.49. The first kappa shape index (κ1) is 13.0. The van der Waals surface area contributed by atoms with Gasteiger partial charge in [0.05, 0.1) is 6.54 Å². The maximum Gasteiger partial charge on any atom is 0.324 e. The quantitative estimate of drug-likeness (QED) is 0.850. The lowest BCUT2D eigenvalue weighted by atomic mass is 9.93. The average molecular weight is 252 g/mol. The van der Waals surface area contributed by atoms with Gasteiger partial charge in [0.25, 0.3) is 0 Å². The van der Waals surface area contributed by atoms with Crippen LogP contribution in [0.15, 0.2) is 6.33 Å². The maximum absolute atomic E-state index is 11.6. The Kier molecular flexibility index (Phi) is 3.65. The van der Waals surface area contributed by atoms with Crippen molar-refractivity contribution >= 4 is 5.97 Å². The van der Waals surface area contributed by atoms with Crippen LogP contribution in [0.1, 0.15) is 38.9 Å². The van der Waals surface area contributed by atoms with Gasteiger partial charge in [-0.25, -0.2) is 9.67 Å². The molecular formula is C12H20N4O2. The second-order valence-corrected chi connectivity index (χ2v) is 4.71. The van der Waals surface area contributed by atoms with E-state index in [4.69, 9.17) is 0 Å². The largest absolute Gasteiger partial charge is 0.480 e. The second-order valence-electron chi connectivity index (χ2n) is 4.71. The summed E-state index contributed by atoms with van der Waals surface area (Å²) in [7, 11) is 0. The van der Waals surface area contributed by atoms with Crippen LogP contribution in [0.4, 0.5) is 0 Å². The van der Waals surface area contributed by atoms with Crippen LogP contribution in [0.5, 0.6) is 0 Å². The number of hydrogen-bond acceptors (Lipinski definition) is 4. The van der Waals surface area contributed by atoms with Gasteiger partial charge < -0.3 is 5.11 Å². The van der Waals surface area contributed by atoms with Crippen molar-refractivity contribution in [1.29, 1.82) is 0 Å². The summed E-state index contributed by atoms with van der Waals surface area (Å²) in [5, 5.41) is 13.6. The van der Waals surface area contributed by atoms with Crippen LogP contribution in [0, 0.1) is 0 Å². The third-order valence-corrected chi connectivity index (χ3v) is 3.93. The Labute approximate surface area is 107 Å². The molecule has 1 aliphatic heterocycles. The van der Waals surface area contributed by atoms with Gasteiger partial charge >= 0.3 is 5.97 Å². The minimum Gasteiger partial charge on any atom is -0.480 e. The number of aliphatic carboxylic acids is 1. The molecule has 2 heterocycles. The molecular weight excluding hydrogens is 232 g/mol. The standard InChI is InChI=1S/C12H20N4O2/c1-3-12(11(17)18)6-5-7-15(12)8-10-13-9-14-16(10)4-2/h9H,3-8H2,1-2H3,(H,17,18). The number of aryl methyl sites for hydroxylation is 1. The minimum atomic E-state index is -0.718. The molecule has 0 saturated carbocycles. The SMILES string of the molecule is CCn1ncnc1CN1CCCC1(CC)C(=O)O. The molecule has 2 rings (SSSR count). The lowest BCUT2D eigenvalue weighted by molar-refractivity contribution is -0.150. The number of carbonyl (C=O) groups is 1. The monoisotopic (exact) mass is 252 g/mol. The average Bonchev–Trinajstić information content (AvgIpc) is 2.96. The van der Waals surface area contributed by atoms with Crippen LogP contribution in [0.3, 0.4) is 0 Å². The fraction of sp³-hybridized carbons (Fsp3) is 0.750. The van der Waals surface area contributed by atoms with E-state index >= 15 is 0 Å². The van der Waals surface area contributed by atoms with Crippen LogP contribution in [-0.2, 0) is 17.9 Å². The van der Waals surface area contributed by atoms with E-state index in [-0.39, 0.29) is 0 Å². The summed E-state index contributed by atoms with van der Waals surface area (Å²) in [5.74, 6) is 0.128. The Bertz CT molecular complexity index is 431. The lowest BCUT2D eigenvalue weighted by Gasteiger charge is -2.33. The van der Waals surface area contributed by atoms with Crippen molar-refractivity contribution in [2.45, 2.75) is 51.7 Å². The van der Waals surface area contributed by atoms with E-state index in [9.17, 15) is 9.90 Å². The fourth-order valence-electron chi connectivity index (χ4n) is 2.80. The van der Waals surface area contributed by atoms with E-state index in [0.717, 1.165) is 31.8 Å². The molecule has 6 heteroatoms. The Morgan fingerprint density at radius 2 is 2.33 bits per heavy atom. The zero-order valence-corrected chi connectivity index (χ0v) is 11.0. The van der Waals surface area contributed by atoms with E-state index in [0.29, 0.717) is 13.0 Å². The summed E-state index contributed by atoms with van der Waals surface area (Å²) in [4.78, 5) is 17.8. The number of carboxylic acid groups (broad SMARTS) is 1. The summed E-state index contributed by atoms with van der Waals surface area (Å²) < 4.78 is 1.82. The van der Waals surface area contributed by atoms with E-state index in [1.54, 1.807) is 0 Å². The van der Waals surface area contributed by atoms with E-state index in [1.165, 1.54) is 6.33 Å². The van der Waals surface area contributed by atoms with Gasteiger partial charge in [0.2, 0.25) is 0 Å². The first-order valence-electron chi connectivity index (χ1n) is 6.49. The third kappa shape index (κ3) is 2.01. The smallest absolute Gasteiger partial charge is 0.324 e. The first-order valence-corrected chi connectivity index (χ1v) is 6.49. The van der Waals surface area contributed by atoms with Crippen molar-refractivity contribution < 1.29 is 9.90 Å². The van der Waals surface area contributed by atoms with E-state index in [1.807, 2.05) is 23.4 Å². The molecule has 1 N–H and O–H groups in total. The number of likely N-dealkylation sites (tertiary alicyclic amines) is 1. The highest BCUT2D eigenvalue weighted by Crippen LogP contribution is 2.33. The van der Waals surface area contributed by atoms with Gasteiger partial charge in [-0.1, -0.05) is 6.92 Å². The van der Waals surface area contributed by atoms with Crippen molar-refractivity contribution in [3.63, 3.8) is 0 Å². The highest BCUT2D eigenvalue weighted by atomic mass is 16.4. The predicted molar refractivity (Wildman–Crippen MR) is 66.0 cm³/mol. The molecule has 1 aliphatic rings. The number of hydrogen-bond donors (Lipinski definition) is 1. The molecule has 1 saturated heterocycles. The number of aromatic nitrogens is 3. The molecule has 100 valence electrons. The first-order chi connectivity index (χ1) is 8.64. The third-order valence-electron chi connectivity index (χ3n) is 3.93. The molecule has 0 aromatic carbocycles. The summed E-state index contributed by atoms with van der Waals surface area (Å²) in [6, 6.07) is 0. The second kappa shape index (κ2) is 5.06. The number of carboxylic acids is 1. The van der Waals surface area contributed by atoms with E-state index in [2.05, 4.69) is 10.1 Å². The Morgan fingerprint density at radius 3 is 2.94 bits per heavy atom. The topological polar surface area (TPSA) is 71.2 Å². The highest BCUT2D eigenvalue weighted by molar-refractivity contribution is 5.79. The van der Waals surface area contributed by atoms with Gasteiger partial charge in [-0.15, -0.1) is 0 Å². The van der Waals surface area contributed by atoms with Gasteiger partial charge in [0, 0.05) is 6.54 Å². The normalized spacial score (nSPS) is 24.6. The van der Waals surface area contributed by atoms with Crippen molar-refractivity contribution in [2.75, 3.05) is 6.54 Å². The number of nitrogens with zero attached hydrogens (tertiary/aromatic N) is 4. The molecule has 0 bridgehead atoms. The fourth-order valence-corrected chi connectivity index (χ4v) is 2.80. The van der Waals surface area contributed by atoms with Gasteiger partial charge in [-0.05, 0) is 32.7 Å². The van der Waals surface area contributed by atoms with Gasteiger partial charge in [0.15, 0.2) is 0 Å². The Hall–Kier alpha value is -1.43. The Balaban J connectivity index is 2.20. The zero-order chi connectivity index (χ0) is 13.2. The van der Waals surface area contributed by atoms with Gasteiger partial charge in [-0.3, -0.25) is 9.69 Å². The summed E-state index contributed by atoms with van der Waals surface area (Å²) in [5.41, 5.74) is -0.718. The van der Waals surface area contributed by atoms with Crippen LogP contribution >= 0.6 is 0 Å². The van der Waals surface area contributed by atoms with Crippen molar-refractivity contribution in [3.8, 4) is 0 Å². The maximum atomic E-state index is 11.6. The molecule has 0 aliphatic carbocycles. The zero-order valence-electron chi connectivity index (χ0n) is 11.0. The molecule has 1 aromatic heterocycles. The molecule has 6 nitrogen and oxygen atoms in total. The highest BCUT2D eigenvalue weighted by Gasteiger charge is 2.46. The van der Waals surface area contributed by atoms with Crippen molar-refractivity contribution in [3.05, 3.63) is 12.2 Å². The van der Waals surface area contributed by atoms with Crippen LogP contribution in [-0.4, -0.2) is 42.8 Å². The predicted octanol–water partition coefficient (Wildman–Crippen LogP) is 1.13. The van der Waals surface area contributed by atoms with Gasteiger partial charge in [0.1, 0.15) is 17.7 Å². The van der Waals surface area contributed by atoms with Crippen LogP contribution in [0.25, 0.3) is 0 Å². The molecule has 0 spiro atoms. The van der Waals surface area contributed by atoms with Gasteiger partial charge in [-0.2, -0.15) is 5.10 Å². The van der Waals surface area contributed by atoms with E-state index < -0.39 is 11.5 Å². The van der Waals surface area contributed by atoms with Crippen LogP contribution in [0.2, 0.25) is 0 Å². The minimum absolute atomic E-state index is 0.563. The molecule has 18 heavy (non-hydrogen) atoms. The van der Waals surface area contributed by atoms with Crippen LogP contribution < -0.4 is 0 Å². The van der Waals surface area contributed by atoms with Crippen molar-refractivity contribution in [2.24, 2.45) is 0 Å². The summed E-state index contributed by atoms with van der Waals surface area (Å²) >= 11 is 0. The Morgan fingerprint density at radius 1 is 1.56 bits per heavy atom. The molecule has 0 radical (unpaired) electrons. The molecule has 1 aromatic rings. The summed E-state index contributed by atoms with van der Waals surface area (Å²) in [6.45, 7) is 6.09. The number of rotatable bonds is 5. The molecule has 1 atom stereocenters. The molecule has 0 amide bonds. The molecule has 1 fully saturated rings.